The molecule has 3 aromatic rings. The zero-order valence-electron chi connectivity index (χ0n) is 12.0. The van der Waals surface area contributed by atoms with Crippen molar-refractivity contribution in [1.82, 2.24) is 15.0 Å². The number of aryl methyl sites for hydroxylation is 1. The molecule has 1 aromatic carbocycles. The van der Waals surface area contributed by atoms with Crippen LogP contribution in [0.4, 0.5) is 5.82 Å². The minimum Gasteiger partial charge on any atom is -0.454 e. The van der Waals surface area contributed by atoms with Crippen molar-refractivity contribution in [2.24, 2.45) is 0 Å². The molecule has 0 aliphatic carbocycles. The lowest BCUT2D eigenvalue weighted by atomic mass is 10.2. The van der Waals surface area contributed by atoms with Crippen molar-refractivity contribution in [1.29, 1.82) is 0 Å². The minimum absolute atomic E-state index is 0.0399. The lowest BCUT2D eigenvalue weighted by molar-refractivity contribution is 0.0462. The molecule has 2 heterocycles. The third kappa shape index (κ3) is 2.85. The van der Waals surface area contributed by atoms with Crippen LogP contribution < -0.4 is 5.73 Å². The number of nitrogen functional groups attached to an aromatic ring is 1. The van der Waals surface area contributed by atoms with E-state index in [0.717, 1.165) is 16.5 Å². The van der Waals surface area contributed by atoms with Crippen molar-refractivity contribution in [2.75, 3.05) is 5.73 Å². The van der Waals surface area contributed by atoms with Gasteiger partial charge in [-0.15, -0.1) is 0 Å². The largest absolute Gasteiger partial charge is 0.454 e. The van der Waals surface area contributed by atoms with E-state index in [1.54, 1.807) is 12.3 Å². The first-order chi connectivity index (χ1) is 10.6. The molecule has 0 fully saturated rings. The summed E-state index contributed by atoms with van der Waals surface area (Å²) >= 11 is 0. The van der Waals surface area contributed by atoms with Crippen LogP contribution in [0.15, 0.2) is 42.7 Å². The number of benzene rings is 1. The maximum absolute atomic E-state index is 12.0. The summed E-state index contributed by atoms with van der Waals surface area (Å²) in [6, 6.07) is 9.13. The zero-order valence-corrected chi connectivity index (χ0v) is 12.0. The highest BCUT2D eigenvalue weighted by atomic mass is 16.5. The van der Waals surface area contributed by atoms with Crippen molar-refractivity contribution >= 4 is 22.7 Å². The van der Waals surface area contributed by atoms with E-state index in [4.69, 9.17) is 10.5 Å². The number of pyridine rings is 1. The van der Waals surface area contributed by atoms with E-state index in [1.807, 2.05) is 31.2 Å². The van der Waals surface area contributed by atoms with E-state index in [2.05, 4.69) is 15.0 Å². The molecule has 0 atom stereocenters. The molecule has 2 aromatic heterocycles. The predicted octanol–water partition coefficient (Wildman–Crippen LogP) is 2.27. The fourth-order valence-corrected chi connectivity index (χ4v) is 2.10. The molecule has 0 spiro atoms. The Hall–Kier alpha value is -3.02. The van der Waals surface area contributed by atoms with Crippen LogP contribution in [0.3, 0.4) is 0 Å². The van der Waals surface area contributed by atoms with Gasteiger partial charge >= 0.3 is 5.97 Å². The average Bonchev–Trinajstić information content (AvgIpc) is 2.53. The molecule has 0 radical (unpaired) electrons. The Balaban J connectivity index is 1.78. The van der Waals surface area contributed by atoms with E-state index in [-0.39, 0.29) is 6.61 Å². The first kappa shape index (κ1) is 13.9. The fraction of sp³-hybridized carbons (Fsp3) is 0.125. The maximum Gasteiger partial charge on any atom is 0.340 e. The molecule has 6 nitrogen and oxygen atoms in total. The van der Waals surface area contributed by atoms with Gasteiger partial charge in [-0.2, -0.15) is 0 Å². The average molecular weight is 294 g/mol. The minimum atomic E-state index is -0.466. The standard InChI is InChI=1S/C16H14N4O2/c1-10-6-11(8-18-7-10)16(21)22-9-14-19-13-5-3-2-4-12(13)15(17)20-14/h2-8H,9H2,1H3,(H2,17,19,20). The van der Waals surface area contributed by atoms with Crippen LogP contribution >= 0.6 is 0 Å². The summed E-state index contributed by atoms with van der Waals surface area (Å²) in [5, 5.41) is 0.778. The van der Waals surface area contributed by atoms with Crippen molar-refractivity contribution < 1.29 is 9.53 Å². The molecule has 0 bridgehead atoms. The second-order valence-electron chi connectivity index (χ2n) is 4.87. The number of anilines is 1. The lowest BCUT2D eigenvalue weighted by Gasteiger charge is -2.07. The molecule has 0 amide bonds. The zero-order chi connectivity index (χ0) is 15.5. The van der Waals surface area contributed by atoms with Crippen LogP contribution in [-0.2, 0) is 11.3 Å². The molecular formula is C16H14N4O2. The van der Waals surface area contributed by atoms with E-state index in [0.29, 0.717) is 17.2 Å². The molecule has 0 aliphatic rings. The molecular weight excluding hydrogens is 280 g/mol. The summed E-state index contributed by atoms with van der Waals surface area (Å²) in [5.74, 6) is 0.269. The van der Waals surface area contributed by atoms with Crippen molar-refractivity contribution in [2.45, 2.75) is 13.5 Å². The number of para-hydroxylation sites is 1. The summed E-state index contributed by atoms with van der Waals surface area (Å²) in [6.07, 6.45) is 3.13. The van der Waals surface area contributed by atoms with Gasteiger partial charge in [0.15, 0.2) is 12.4 Å². The Bertz CT molecular complexity index is 848. The van der Waals surface area contributed by atoms with E-state index >= 15 is 0 Å². The molecule has 3 rings (SSSR count). The molecule has 0 unspecified atom stereocenters. The highest BCUT2D eigenvalue weighted by Crippen LogP contribution is 2.17. The van der Waals surface area contributed by atoms with Gasteiger partial charge in [0.05, 0.1) is 11.1 Å². The van der Waals surface area contributed by atoms with Gasteiger partial charge in [-0.3, -0.25) is 4.98 Å². The quantitative estimate of drug-likeness (QED) is 0.745. The third-order valence-corrected chi connectivity index (χ3v) is 3.12. The molecule has 0 saturated carbocycles. The predicted molar refractivity (Wildman–Crippen MR) is 82.0 cm³/mol. The number of nitrogens with two attached hydrogens (primary N) is 1. The van der Waals surface area contributed by atoms with Gasteiger partial charge in [0, 0.05) is 17.8 Å². The SMILES string of the molecule is Cc1cncc(C(=O)OCc2nc(N)c3ccccc3n2)c1. The van der Waals surface area contributed by atoms with Crippen LogP contribution in [0.5, 0.6) is 0 Å². The second kappa shape index (κ2) is 5.77. The number of esters is 1. The number of hydrogen-bond acceptors (Lipinski definition) is 6. The van der Waals surface area contributed by atoms with Gasteiger partial charge < -0.3 is 10.5 Å². The summed E-state index contributed by atoms with van der Waals surface area (Å²) in [7, 11) is 0. The maximum atomic E-state index is 12.0. The number of ether oxygens (including phenoxy) is 1. The Morgan fingerprint density at radius 3 is 2.86 bits per heavy atom. The number of rotatable bonds is 3. The van der Waals surface area contributed by atoms with Gasteiger partial charge in [-0.25, -0.2) is 14.8 Å². The number of fused-ring (bicyclic) bond motifs is 1. The molecule has 22 heavy (non-hydrogen) atoms. The van der Waals surface area contributed by atoms with Gasteiger partial charge in [-0.05, 0) is 30.7 Å². The normalized spacial score (nSPS) is 10.6. The number of carbonyl (C=O) groups excluding carboxylic acids is 1. The van der Waals surface area contributed by atoms with Gasteiger partial charge in [0.1, 0.15) is 5.82 Å². The van der Waals surface area contributed by atoms with Gasteiger partial charge in [-0.1, -0.05) is 12.1 Å². The number of hydrogen-bond donors (Lipinski definition) is 1. The van der Waals surface area contributed by atoms with Crippen LogP contribution in [0.25, 0.3) is 10.9 Å². The topological polar surface area (TPSA) is 91.0 Å². The highest BCUT2D eigenvalue weighted by Gasteiger charge is 2.10. The van der Waals surface area contributed by atoms with Gasteiger partial charge in [0.25, 0.3) is 0 Å². The summed E-state index contributed by atoms with van der Waals surface area (Å²) in [4.78, 5) is 24.4. The van der Waals surface area contributed by atoms with Crippen molar-refractivity contribution in [3.63, 3.8) is 0 Å². The lowest BCUT2D eigenvalue weighted by Crippen LogP contribution is -2.09. The van der Waals surface area contributed by atoms with E-state index < -0.39 is 5.97 Å². The third-order valence-electron chi connectivity index (χ3n) is 3.12. The van der Waals surface area contributed by atoms with Crippen LogP contribution in [0, 0.1) is 6.92 Å². The number of nitrogens with zero attached hydrogens (tertiary/aromatic N) is 3. The Morgan fingerprint density at radius 2 is 2.05 bits per heavy atom. The summed E-state index contributed by atoms with van der Waals surface area (Å²) in [6.45, 7) is 1.82. The van der Waals surface area contributed by atoms with Crippen LogP contribution in [0.2, 0.25) is 0 Å². The first-order valence-corrected chi connectivity index (χ1v) is 6.73. The molecule has 2 N–H and O–H groups in total. The first-order valence-electron chi connectivity index (χ1n) is 6.73. The monoisotopic (exact) mass is 294 g/mol. The summed E-state index contributed by atoms with van der Waals surface area (Å²) in [5.41, 5.74) is 7.90. The van der Waals surface area contributed by atoms with E-state index in [1.165, 1.54) is 6.20 Å². The van der Waals surface area contributed by atoms with Crippen LogP contribution in [-0.4, -0.2) is 20.9 Å². The second-order valence-corrected chi connectivity index (χ2v) is 4.87. The molecule has 6 heteroatoms. The van der Waals surface area contributed by atoms with Crippen LogP contribution in [0.1, 0.15) is 21.7 Å². The summed E-state index contributed by atoms with van der Waals surface area (Å²) < 4.78 is 5.21. The Morgan fingerprint density at radius 1 is 1.23 bits per heavy atom. The number of carbonyl (C=O) groups is 1. The van der Waals surface area contributed by atoms with Crippen molar-refractivity contribution in [3.05, 3.63) is 59.7 Å². The smallest absolute Gasteiger partial charge is 0.340 e. The number of aromatic nitrogens is 3. The Labute approximate surface area is 127 Å². The fourth-order valence-electron chi connectivity index (χ4n) is 2.10. The molecule has 0 saturated heterocycles. The highest BCUT2D eigenvalue weighted by molar-refractivity contribution is 5.89. The molecule has 0 aliphatic heterocycles. The Kier molecular flexibility index (Phi) is 3.65. The van der Waals surface area contributed by atoms with E-state index in [9.17, 15) is 4.79 Å². The molecule has 110 valence electrons. The van der Waals surface area contributed by atoms with Crippen molar-refractivity contribution in [3.8, 4) is 0 Å². The van der Waals surface area contributed by atoms with Gasteiger partial charge in [0.2, 0.25) is 0 Å².